The van der Waals surface area contributed by atoms with E-state index in [1.165, 1.54) is 4.70 Å². The fraction of sp³-hybridized carbons (Fsp3) is 0.500. The van der Waals surface area contributed by atoms with Crippen LogP contribution >= 0.6 is 11.3 Å². The number of rotatable bonds is 6. The summed E-state index contributed by atoms with van der Waals surface area (Å²) in [6, 6.07) is 6.30. The molecular weight excluding hydrogens is 284 g/mol. The fourth-order valence-corrected chi connectivity index (χ4v) is 3.40. The summed E-state index contributed by atoms with van der Waals surface area (Å²) in [6.45, 7) is 1.03. The summed E-state index contributed by atoms with van der Waals surface area (Å²) in [5.41, 5.74) is 3.97. The molecule has 1 saturated heterocycles. The van der Waals surface area contributed by atoms with Gasteiger partial charge < -0.3 is 9.84 Å². The number of hydrogen-bond donors (Lipinski definition) is 1. The molecule has 0 radical (unpaired) electrons. The number of fused-ring (bicyclic) bond motifs is 1. The minimum Gasteiger partial charge on any atom is -0.396 e. The maximum atomic E-state index is 9.20. The Balaban J connectivity index is 1.67. The number of nitrogens with zero attached hydrogens (tertiary/aromatic N) is 2. The number of aliphatic imine (C=N–C) groups is 1. The van der Waals surface area contributed by atoms with Crippen LogP contribution in [-0.2, 0) is 4.74 Å². The molecule has 0 saturated carbocycles. The molecule has 2 atom stereocenters. The van der Waals surface area contributed by atoms with Gasteiger partial charge in [-0.2, -0.15) is 0 Å². The van der Waals surface area contributed by atoms with Gasteiger partial charge in [-0.1, -0.05) is 6.07 Å². The highest BCUT2D eigenvalue weighted by Crippen LogP contribution is 2.21. The zero-order valence-electron chi connectivity index (χ0n) is 11.9. The van der Waals surface area contributed by atoms with Crippen LogP contribution in [0.5, 0.6) is 0 Å². The maximum Gasteiger partial charge on any atom is 0.0812 e. The van der Waals surface area contributed by atoms with Crippen LogP contribution in [0.3, 0.4) is 0 Å². The van der Waals surface area contributed by atoms with Crippen LogP contribution in [0.25, 0.3) is 10.2 Å². The summed E-state index contributed by atoms with van der Waals surface area (Å²) in [5, 5.41) is 9.20. The summed E-state index contributed by atoms with van der Waals surface area (Å²) < 4.78 is 6.84. The summed E-state index contributed by atoms with van der Waals surface area (Å²) >= 11 is 1.64. The van der Waals surface area contributed by atoms with Gasteiger partial charge in [0.05, 0.1) is 27.9 Å². The number of thiazole rings is 1. The van der Waals surface area contributed by atoms with Gasteiger partial charge >= 0.3 is 0 Å². The predicted molar refractivity (Wildman–Crippen MR) is 86.3 cm³/mol. The second-order valence-corrected chi connectivity index (χ2v) is 6.28. The average Bonchev–Trinajstić information content (AvgIpc) is 3.15. The molecule has 0 bridgehead atoms. The molecule has 1 aliphatic heterocycles. The van der Waals surface area contributed by atoms with Gasteiger partial charge in [-0.15, -0.1) is 11.3 Å². The first kappa shape index (κ1) is 14.6. The van der Waals surface area contributed by atoms with Crippen LogP contribution in [0.1, 0.15) is 31.2 Å². The molecule has 2 unspecified atom stereocenters. The lowest BCUT2D eigenvalue weighted by Crippen LogP contribution is -2.17. The Morgan fingerprint density at radius 3 is 3.29 bits per heavy atom. The third kappa shape index (κ3) is 3.87. The second-order valence-electron chi connectivity index (χ2n) is 5.39. The van der Waals surface area contributed by atoms with E-state index in [2.05, 4.69) is 16.0 Å². The summed E-state index contributed by atoms with van der Waals surface area (Å²) in [4.78, 5) is 8.93. The van der Waals surface area contributed by atoms with E-state index >= 15 is 0 Å². The summed E-state index contributed by atoms with van der Waals surface area (Å²) in [5.74, 6) is 0. The van der Waals surface area contributed by atoms with Gasteiger partial charge in [-0.3, -0.25) is 4.99 Å². The number of hydrogen-bond acceptors (Lipinski definition) is 5. The fourth-order valence-electron chi connectivity index (χ4n) is 2.68. The van der Waals surface area contributed by atoms with E-state index in [0.717, 1.165) is 36.9 Å². The molecule has 1 aromatic carbocycles. The third-order valence-electron chi connectivity index (χ3n) is 3.81. The minimum absolute atomic E-state index is 0.134. The van der Waals surface area contributed by atoms with Crippen molar-refractivity contribution in [1.82, 2.24) is 4.98 Å². The van der Waals surface area contributed by atoms with Crippen LogP contribution in [0.15, 0.2) is 28.7 Å². The Labute approximate surface area is 128 Å². The van der Waals surface area contributed by atoms with Crippen molar-refractivity contribution < 1.29 is 9.84 Å². The Morgan fingerprint density at radius 2 is 2.48 bits per heavy atom. The monoisotopic (exact) mass is 304 g/mol. The van der Waals surface area contributed by atoms with Gasteiger partial charge in [-0.05, 0) is 43.4 Å². The van der Waals surface area contributed by atoms with E-state index in [1.54, 1.807) is 11.3 Å². The smallest absolute Gasteiger partial charge is 0.0812 e. The molecule has 4 nitrogen and oxygen atoms in total. The molecule has 3 rings (SSSR count). The first-order valence-electron chi connectivity index (χ1n) is 7.44. The highest BCUT2D eigenvalue weighted by molar-refractivity contribution is 7.16. The highest BCUT2D eigenvalue weighted by atomic mass is 32.1. The van der Waals surface area contributed by atoms with Crippen molar-refractivity contribution in [3.63, 3.8) is 0 Å². The molecular formula is C16H20N2O2S. The number of aliphatic hydroxyl groups excluding tert-OH is 1. The van der Waals surface area contributed by atoms with E-state index in [-0.39, 0.29) is 12.6 Å². The molecule has 0 aliphatic carbocycles. The maximum absolute atomic E-state index is 9.20. The zero-order valence-corrected chi connectivity index (χ0v) is 12.8. The van der Waals surface area contributed by atoms with Gasteiger partial charge in [0.25, 0.3) is 0 Å². The van der Waals surface area contributed by atoms with Gasteiger partial charge in [0.1, 0.15) is 0 Å². The van der Waals surface area contributed by atoms with Crippen LogP contribution < -0.4 is 0 Å². The molecule has 1 aromatic heterocycles. The van der Waals surface area contributed by atoms with Gasteiger partial charge in [0.15, 0.2) is 0 Å². The van der Waals surface area contributed by atoms with Crippen LogP contribution in [0, 0.1) is 0 Å². The Kier molecular flexibility index (Phi) is 4.95. The Morgan fingerprint density at radius 1 is 1.52 bits per heavy atom. The van der Waals surface area contributed by atoms with Crippen molar-refractivity contribution in [1.29, 1.82) is 0 Å². The van der Waals surface area contributed by atoms with E-state index < -0.39 is 0 Å². The van der Waals surface area contributed by atoms with E-state index in [4.69, 9.17) is 4.74 Å². The lowest BCUT2D eigenvalue weighted by Gasteiger charge is -2.15. The van der Waals surface area contributed by atoms with Crippen molar-refractivity contribution in [2.75, 3.05) is 13.2 Å². The number of ether oxygens (including phenoxy) is 1. The molecule has 0 spiro atoms. The largest absolute Gasteiger partial charge is 0.396 e. The SMILES string of the molecule is OCCC(CC1CCCO1)/N=C/c1ccc2ncsc2c1. The van der Waals surface area contributed by atoms with Crippen molar-refractivity contribution >= 4 is 27.8 Å². The lowest BCUT2D eigenvalue weighted by molar-refractivity contribution is 0.0957. The molecule has 112 valence electrons. The topological polar surface area (TPSA) is 54.7 Å². The molecule has 1 aliphatic rings. The van der Waals surface area contributed by atoms with Crippen LogP contribution in [0.4, 0.5) is 0 Å². The normalized spacial score (nSPS) is 20.5. The van der Waals surface area contributed by atoms with Crippen molar-refractivity contribution in [2.45, 2.75) is 37.8 Å². The van der Waals surface area contributed by atoms with E-state index in [0.29, 0.717) is 12.5 Å². The molecule has 2 aromatic rings. The highest BCUT2D eigenvalue weighted by Gasteiger charge is 2.19. The second kappa shape index (κ2) is 7.11. The first-order valence-corrected chi connectivity index (χ1v) is 8.32. The molecule has 1 fully saturated rings. The first-order chi connectivity index (χ1) is 10.3. The van der Waals surface area contributed by atoms with E-state index in [9.17, 15) is 5.11 Å². The number of aliphatic hydroxyl groups is 1. The minimum atomic E-state index is 0.134. The Hall–Kier alpha value is -1.30. The zero-order chi connectivity index (χ0) is 14.5. The van der Waals surface area contributed by atoms with Crippen LogP contribution in [0.2, 0.25) is 0 Å². The molecule has 1 N–H and O–H groups in total. The standard InChI is InChI=1S/C16H20N2O2S/c19-6-5-13(9-14-2-1-7-20-14)17-10-12-3-4-15-16(8-12)21-11-18-15/h3-4,8,10-11,13-14,19H,1-2,5-7,9H2/b17-10+. The van der Waals surface area contributed by atoms with E-state index in [1.807, 2.05) is 23.9 Å². The molecule has 2 heterocycles. The van der Waals surface area contributed by atoms with Crippen molar-refractivity contribution in [3.8, 4) is 0 Å². The third-order valence-corrected chi connectivity index (χ3v) is 4.60. The van der Waals surface area contributed by atoms with Gasteiger partial charge in [0, 0.05) is 19.4 Å². The average molecular weight is 304 g/mol. The van der Waals surface area contributed by atoms with Crippen LogP contribution in [-0.4, -0.2) is 41.7 Å². The van der Waals surface area contributed by atoms with Crippen molar-refractivity contribution in [2.24, 2.45) is 4.99 Å². The quantitative estimate of drug-likeness (QED) is 0.835. The van der Waals surface area contributed by atoms with Gasteiger partial charge in [-0.25, -0.2) is 4.98 Å². The number of aromatic nitrogens is 1. The molecule has 0 amide bonds. The van der Waals surface area contributed by atoms with Gasteiger partial charge in [0.2, 0.25) is 0 Å². The molecule has 21 heavy (non-hydrogen) atoms. The summed E-state index contributed by atoms with van der Waals surface area (Å²) in [7, 11) is 0. The number of benzene rings is 1. The lowest BCUT2D eigenvalue weighted by atomic mass is 10.0. The van der Waals surface area contributed by atoms with Crippen molar-refractivity contribution in [3.05, 3.63) is 29.3 Å². The molecule has 5 heteroatoms. The Bertz CT molecular complexity index is 605. The summed E-state index contributed by atoms with van der Waals surface area (Å²) in [6.07, 6.45) is 6.07. The predicted octanol–water partition coefficient (Wildman–Crippen LogP) is 3.04.